The van der Waals surface area contributed by atoms with Crippen LogP contribution in [0.3, 0.4) is 0 Å². The molecule has 0 fully saturated rings. The molecule has 2 nitrogen and oxygen atoms in total. The Labute approximate surface area is 126 Å². The van der Waals surface area contributed by atoms with Crippen molar-refractivity contribution >= 4 is 23.2 Å². The first-order valence-corrected chi connectivity index (χ1v) is 6.97. The molecule has 0 saturated carbocycles. The highest BCUT2D eigenvalue weighted by molar-refractivity contribution is 6.36. The van der Waals surface area contributed by atoms with Crippen LogP contribution >= 0.6 is 23.2 Å². The van der Waals surface area contributed by atoms with Gasteiger partial charge in [0.1, 0.15) is 17.7 Å². The lowest BCUT2D eigenvalue weighted by molar-refractivity contribution is 0.161. The summed E-state index contributed by atoms with van der Waals surface area (Å²) in [5, 5.41) is 1.08. The standard InChI is InChI=1S/C15H12Cl2FNO/c16-10-2-1-3-11(17)15(10)14-7-12(19)9-6-8(18)4-5-13(9)20-14/h1-6,12,14H,7,19H2/t12-,14?/m0/s1. The predicted octanol–water partition coefficient (Wildman–Crippen LogP) is 4.66. The van der Waals surface area contributed by atoms with Gasteiger partial charge in [0.25, 0.3) is 0 Å². The van der Waals surface area contributed by atoms with Crippen molar-refractivity contribution in [1.29, 1.82) is 0 Å². The van der Waals surface area contributed by atoms with Gasteiger partial charge in [-0.15, -0.1) is 0 Å². The SMILES string of the molecule is N[C@H]1CC(c2c(Cl)cccc2Cl)Oc2ccc(F)cc21. The van der Waals surface area contributed by atoms with Crippen LogP contribution in [0.5, 0.6) is 5.75 Å². The molecule has 0 bridgehead atoms. The Morgan fingerprint density at radius 3 is 2.55 bits per heavy atom. The van der Waals surface area contributed by atoms with Crippen molar-refractivity contribution in [2.75, 3.05) is 0 Å². The highest BCUT2D eigenvalue weighted by Crippen LogP contribution is 2.43. The van der Waals surface area contributed by atoms with E-state index in [0.717, 1.165) is 5.56 Å². The molecule has 2 aromatic rings. The van der Waals surface area contributed by atoms with Crippen molar-refractivity contribution in [2.24, 2.45) is 5.73 Å². The quantitative estimate of drug-likeness (QED) is 0.831. The lowest BCUT2D eigenvalue weighted by Gasteiger charge is -2.31. The second-order valence-corrected chi connectivity index (χ2v) is 5.58. The molecule has 0 spiro atoms. The molecule has 2 N–H and O–H groups in total. The minimum Gasteiger partial charge on any atom is -0.485 e. The average molecular weight is 312 g/mol. The summed E-state index contributed by atoms with van der Waals surface area (Å²) < 4.78 is 19.2. The van der Waals surface area contributed by atoms with Crippen LogP contribution in [0.2, 0.25) is 10.0 Å². The molecule has 0 saturated heterocycles. The molecule has 1 aliphatic rings. The van der Waals surface area contributed by atoms with Gasteiger partial charge in [0, 0.05) is 33.6 Å². The molecular weight excluding hydrogens is 300 g/mol. The van der Waals surface area contributed by atoms with E-state index in [2.05, 4.69) is 0 Å². The summed E-state index contributed by atoms with van der Waals surface area (Å²) in [4.78, 5) is 0. The number of nitrogens with two attached hydrogens (primary N) is 1. The van der Waals surface area contributed by atoms with Crippen molar-refractivity contribution < 1.29 is 9.13 Å². The van der Waals surface area contributed by atoms with Gasteiger partial charge in [0.05, 0.1) is 0 Å². The Morgan fingerprint density at radius 1 is 1.15 bits per heavy atom. The van der Waals surface area contributed by atoms with E-state index in [-0.39, 0.29) is 18.0 Å². The largest absolute Gasteiger partial charge is 0.485 e. The van der Waals surface area contributed by atoms with E-state index >= 15 is 0 Å². The minimum atomic E-state index is -0.329. The molecule has 1 aliphatic heterocycles. The topological polar surface area (TPSA) is 35.2 Å². The van der Waals surface area contributed by atoms with Crippen LogP contribution in [-0.4, -0.2) is 0 Å². The maximum Gasteiger partial charge on any atom is 0.128 e. The first-order valence-electron chi connectivity index (χ1n) is 6.22. The van der Waals surface area contributed by atoms with Gasteiger partial charge in [-0.1, -0.05) is 29.3 Å². The van der Waals surface area contributed by atoms with Crippen molar-refractivity contribution in [1.82, 2.24) is 0 Å². The van der Waals surface area contributed by atoms with E-state index in [4.69, 9.17) is 33.7 Å². The Bertz CT molecular complexity index is 642. The average Bonchev–Trinajstić information content (AvgIpc) is 2.39. The molecule has 20 heavy (non-hydrogen) atoms. The number of rotatable bonds is 1. The second kappa shape index (κ2) is 5.24. The number of hydrogen-bond donors (Lipinski definition) is 1. The van der Waals surface area contributed by atoms with Gasteiger partial charge in [-0.25, -0.2) is 4.39 Å². The van der Waals surface area contributed by atoms with Gasteiger partial charge >= 0.3 is 0 Å². The number of fused-ring (bicyclic) bond motifs is 1. The van der Waals surface area contributed by atoms with Gasteiger partial charge in [-0.05, 0) is 30.3 Å². The number of benzene rings is 2. The fraction of sp³-hybridized carbons (Fsp3) is 0.200. The van der Waals surface area contributed by atoms with Crippen LogP contribution < -0.4 is 10.5 Å². The maximum atomic E-state index is 13.3. The third-order valence-corrected chi connectivity index (χ3v) is 4.09. The fourth-order valence-corrected chi connectivity index (χ4v) is 3.11. The molecule has 2 aromatic carbocycles. The molecule has 0 radical (unpaired) electrons. The van der Waals surface area contributed by atoms with Crippen LogP contribution in [0.25, 0.3) is 0 Å². The summed E-state index contributed by atoms with van der Waals surface area (Å²) in [5.74, 6) is 0.253. The molecule has 0 amide bonds. The zero-order chi connectivity index (χ0) is 14.3. The minimum absolute atomic E-state index is 0.313. The lowest BCUT2D eigenvalue weighted by Crippen LogP contribution is -2.24. The van der Waals surface area contributed by atoms with E-state index < -0.39 is 0 Å². The Balaban J connectivity index is 2.01. The van der Waals surface area contributed by atoms with Crippen LogP contribution in [-0.2, 0) is 0 Å². The van der Waals surface area contributed by atoms with Crippen LogP contribution in [0.15, 0.2) is 36.4 Å². The van der Waals surface area contributed by atoms with E-state index in [1.807, 2.05) is 0 Å². The number of ether oxygens (including phenoxy) is 1. The third-order valence-electron chi connectivity index (χ3n) is 3.43. The first-order chi connectivity index (χ1) is 9.56. The molecule has 5 heteroatoms. The molecular formula is C15H12Cl2FNO. The van der Waals surface area contributed by atoms with Gasteiger partial charge < -0.3 is 10.5 Å². The van der Waals surface area contributed by atoms with Gasteiger partial charge in [0.2, 0.25) is 0 Å². The summed E-state index contributed by atoms with van der Waals surface area (Å²) in [5.41, 5.74) is 7.50. The van der Waals surface area contributed by atoms with Crippen molar-refractivity contribution in [3.8, 4) is 5.75 Å². The van der Waals surface area contributed by atoms with Crippen molar-refractivity contribution in [2.45, 2.75) is 18.6 Å². The predicted molar refractivity (Wildman–Crippen MR) is 77.8 cm³/mol. The number of halogens is 3. The molecule has 2 atom stereocenters. The summed E-state index contributed by atoms with van der Waals surface area (Å²) >= 11 is 12.4. The zero-order valence-electron chi connectivity index (χ0n) is 10.4. The van der Waals surface area contributed by atoms with Crippen molar-refractivity contribution in [3.05, 3.63) is 63.4 Å². The monoisotopic (exact) mass is 311 g/mol. The van der Waals surface area contributed by atoms with Gasteiger partial charge in [0.15, 0.2) is 0 Å². The first kappa shape index (κ1) is 13.7. The highest BCUT2D eigenvalue weighted by Gasteiger charge is 2.30. The Hall–Kier alpha value is -1.29. The zero-order valence-corrected chi connectivity index (χ0v) is 12.0. The van der Waals surface area contributed by atoms with Crippen LogP contribution in [0, 0.1) is 5.82 Å². The van der Waals surface area contributed by atoms with E-state index in [1.54, 1.807) is 24.3 Å². The van der Waals surface area contributed by atoms with Crippen LogP contribution in [0.1, 0.15) is 29.7 Å². The molecule has 0 aromatic heterocycles. The third kappa shape index (κ3) is 2.37. The fourth-order valence-electron chi connectivity index (χ4n) is 2.47. The summed E-state index contributed by atoms with van der Waals surface area (Å²) in [6.07, 6.45) is 0.170. The van der Waals surface area contributed by atoms with Gasteiger partial charge in [-0.3, -0.25) is 0 Å². The Kier molecular flexibility index (Phi) is 3.59. The summed E-state index contributed by atoms with van der Waals surface area (Å²) in [6.45, 7) is 0. The number of hydrogen-bond acceptors (Lipinski definition) is 2. The van der Waals surface area contributed by atoms with E-state index in [1.165, 1.54) is 12.1 Å². The van der Waals surface area contributed by atoms with Gasteiger partial charge in [-0.2, -0.15) is 0 Å². The molecule has 3 rings (SSSR count). The molecule has 104 valence electrons. The Morgan fingerprint density at radius 2 is 1.85 bits per heavy atom. The smallest absolute Gasteiger partial charge is 0.128 e. The summed E-state index contributed by atoms with van der Waals surface area (Å²) in [6, 6.07) is 9.33. The maximum absolute atomic E-state index is 13.3. The molecule has 1 unspecified atom stereocenters. The van der Waals surface area contributed by atoms with Crippen molar-refractivity contribution in [3.63, 3.8) is 0 Å². The second-order valence-electron chi connectivity index (χ2n) is 4.77. The normalized spacial score (nSPS) is 21.2. The highest BCUT2D eigenvalue weighted by atomic mass is 35.5. The van der Waals surface area contributed by atoms with E-state index in [0.29, 0.717) is 27.8 Å². The lowest BCUT2D eigenvalue weighted by atomic mass is 9.93. The van der Waals surface area contributed by atoms with Crippen LogP contribution in [0.4, 0.5) is 4.39 Å². The molecule has 0 aliphatic carbocycles. The summed E-state index contributed by atoms with van der Waals surface area (Å²) in [7, 11) is 0. The van der Waals surface area contributed by atoms with E-state index in [9.17, 15) is 4.39 Å². The molecule has 1 heterocycles.